The van der Waals surface area contributed by atoms with Gasteiger partial charge in [-0.2, -0.15) is 0 Å². The predicted molar refractivity (Wildman–Crippen MR) is 102 cm³/mol. The van der Waals surface area contributed by atoms with Crippen LogP contribution in [0.3, 0.4) is 0 Å². The van der Waals surface area contributed by atoms with Crippen LogP contribution in [-0.4, -0.2) is 71.3 Å². The number of sulfonamides is 1. The Balaban J connectivity index is 2.07. The summed E-state index contributed by atoms with van der Waals surface area (Å²) in [4.78, 5) is 14.4. The zero-order chi connectivity index (χ0) is 20.2. The number of hydrogen-bond donors (Lipinski definition) is 0. The van der Waals surface area contributed by atoms with Crippen LogP contribution in [0.5, 0.6) is 17.2 Å². The van der Waals surface area contributed by atoms with E-state index in [9.17, 15) is 13.2 Å². The first-order valence-electron chi connectivity index (χ1n) is 8.70. The zero-order valence-electron chi connectivity index (χ0n) is 16.5. The summed E-state index contributed by atoms with van der Waals surface area (Å²) in [7, 11) is 3.18. The van der Waals surface area contributed by atoms with E-state index in [-0.39, 0.29) is 11.8 Å². The molecule has 1 fully saturated rings. The molecule has 1 aliphatic rings. The number of hydrogen-bond acceptors (Lipinski definition) is 6. The van der Waals surface area contributed by atoms with E-state index < -0.39 is 10.0 Å². The van der Waals surface area contributed by atoms with Gasteiger partial charge in [0, 0.05) is 32.6 Å². The molecule has 1 aliphatic heterocycles. The van der Waals surface area contributed by atoms with Gasteiger partial charge in [0.05, 0.1) is 27.6 Å². The number of carbonyl (C=O) groups is 1. The molecule has 0 atom stereocenters. The van der Waals surface area contributed by atoms with E-state index in [0.29, 0.717) is 49.7 Å². The van der Waals surface area contributed by atoms with Crippen LogP contribution in [-0.2, 0) is 21.4 Å². The van der Waals surface area contributed by atoms with Crippen LogP contribution >= 0.6 is 0 Å². The molecule has 27 heavy (non-hydrogen) atoms. The van der Waals surface area contributed by atoms with E-state index >= 15 is 0 Å². The highest BCUT2D eigenvalue weighted by Gasteiger charge is 2.30. The standard InChI is InChI=1S/C18H28N2O6S/c1-19(18(21)14-6-8-20(9-7-14)27(5,22)23)12-13-10-15(24-2)17(26-4)16(11-13)25-3/h10-11,14H,6-9,12H2,1-5H3. The Morgan fingerprint density at radius 1 is 1.11 bits per heavy atom. The smallest absolute Gasteiger partial charge is 0.225 e. The molecular weight excluding hydrogens is 372 g/mol. The lowest BCUT2D eigenvalue weighted by Gasteiger charge is -2.31. The first-order chi connectivity index (χ1) is 12.7. The fraction of sp³-hybridized carbons (Fsp3) is 0.611. The quantitative estimate of drug-likeness (QED) is 0.687. The molecule has 9 heteroatoms. The molecule has 1 amide bonds. The highest BCUT2D eigenvalue weighted by molar-refractivity contribution is 7.88. The van der Waals surface area contributed by atoms with Gasteiger partial charge in [-0.1, -0.05) is 0 Å². The van der Waals surface area contributed by atoms with Crippen LogP contribution in [0.1, 0.15) is 18.4 Å². The molecule has 1 heterocycles. The van der Waals surface area contributed by atoms with Crippen LogP contribution in [0.4, 0.5) is 0 Å². The molecule has 2 rings (SSSR count). The third-order valence-corrected chi connectivity index (χ3v) is 6.10. The number of nitrogens with zero attached hydrogens (tertiary/aromatic N) is 2. The molecule has 8 nitrogen and oxygen atoms in total. The van der Waals surface area contributed by atoms with Gasteiger partial charge in [0.1, 0.15) is 0 Å². The van der Waals surface area contributed by atoms with Crippen LogP contribution in [0.2, 0.25) is 0 Å². The minimum absolute atomic E-state index is 0.0110. The van der Waals surface area contributed by atoms with E-state index in [0.717, 1.165) is 5.56 Å². The molecule has 0 saturated carbocycles. The third-order valence-electron chi connectivity index (χ3n) is 4.79. The molecule has 1 saturated heterocycles. The van der Waals surface area contributed by atoms with Gasteiger partial charge >= 0.3 is 0 Å². The zero-order valence-corrected chi connectivity index (χ0v) is 17.3. The molecule has 1 aromatic rings. The van der Waals surface area contributed by atoms with Crippen LogP contribution < -0.4 is 14.2 Å². The second-order valence-electron chi connectivity index (χ2n) is 6.66. The molecule has 0 N–H and O–H groups in total. The van der Waals surface area contributed by atoms with Crippen molar-refractivity contribution in [2.45, 2.75) is 19.4 Å². The first-order valence-corrected chi connectivity index (χ1v) is 10.5. The summed E-state index contributed by atoms with van der Waals surface area (Å²) in [6, 6.07) is 3.63. The van der Waals surface area contributed by atoms with Gasteiger partial charge in [-0.05, 0) is 30.5 Å². The second kappa shape index (κ2) is 8.79. The van der Waals surface area contributed by atoms with Crippen molar-refractivity contribution in [3.63, 3.8) is 0 Å². The highest BCUT2D eigenvalue weighted by atomic mass is 32.2. The van der Waals surface area contributed by atoms with E-state index in [2.05, 4.69) is 0 Å². The molecule has 1 aromatic carbocycles. The average Bonchev–Trinajstić information content (AvgIpc) is 2.65. The lowest BCUT2D eigenvalue weighted by Crippen LogP contribution is -2.42. The maximum absolute atomic E-state index is 12.8. The summed E-state index contributed by atoms with van der Waals surface area (Å²) in [5.41, 5.74) is 0.855. The Kier molecular flexibility index (Phi) is 6.94. The molecule has 0 spiro atoms. The van der Waals surface area contributed by atoms with Crippen molar-refractivity contribution in [1.29, 1.82) is 0 Å². The largest absolute Gasteiger partial charge is 0.493 e. The van der Waals surface area contributed by atoms with Crippen LogP contribution in [0.15, 0.2) is 12.1 Å². The predicted octanol–water partition coefficient (Wildman–Crippen LogP) is 1.34. The highest BCUT2D eigenvalue weighted by Crippen LogP contribution is 2.38. The number of amides is 1. The lowest BCUT2D eigenvalue weighted by molar-refractivity contribution is -0.135. The van der Waals surface area contributed by atoms with Gasteiger partial charge in [-0.25, -0.2) is 12.7 Å². The number of ether oxygens (including phenoxy) is 3. The Hall–Kier alpha value is -2.00. The molecule has 0 unspecified atom stereocenters. The summed E-state index contributed by atoms with van der Waals surface area (Å²) in [5.74, 6) is 1.42. The van der Waals surface area contributed by atoms with Crippen molar-refractivity contribution in [3.05, 3.63) is 17.7 Å². The van der Waals surface area contributed by atoms with Crippen molar-refractivity contribution >= 4 is 15.9 Å². The SMILES string of the molecule is COc1cc(CN(C)C(=O)C2CCN(S(C)(=O)=O)CC2)cc(OC)c1OC. The Labute approximate surface area is 161 Å². The third kappa shape index (κ3) is 5.04. The van der Waals surface area contributed by atoms with Crippen molar-refractivity contribution in [3.8, 4) is 17.2 Å². The van der Waals surface area contributed by atoms with Crippen LogP contribution in [0, 0.1) is 5.92 Å². The van der Waals surface area contributed by atoms with Gasteiger partial charge in [-0.3, -0.25) is 4.79 Å². The Morgan fingerprint density at radius 3 is 2.04 bits per heavy atom. The van der Waals surface area contributed by atoms with Crippen molar-refractivity contribution in [2.24, 2.45) is 5.92 Å². The normalized spacial score (nSPS) is 16.0. The summed E-state index contributed by atoms with van der Waals surface area (Å²) in [5, 5.41) is 0. The molecule has 0 aliphatic carbocycles. The molecule has 152 valence electrons. The van der Waals surface area contributed by atoms with Gasteiger partial charge in [0.2, 0.25) is 21.7 Å². The van der Waals surface area contributed by atoms with Crippen LogP contribution in [0.25, 0.3) is 0 Å². The van der Waals surface area contributed by atoms with E-state index in [1.165, 1.54) is 10.6 Å². The topological polar surface area (TPSA) is 85.4 Å². The maximum atomic E-state index is 12.8. The molecular formula is C18H28N2O6S. The Bertz CT molecular complexity index is 747. The van der Waals surface area contributed by atoms with E-state index in [4.69, 9.17) is 14.2 Å². The van der Waals surface area contributed by atoms with Gasteiger partial charge in [-0.15, -0.1) is 0 Å². The minimum atomic E-state index is -3.20. The molecule has 0 aromatic heterocycles. The molecule has 0 bridgehead atoms. The summed E-state index contributed by atoms with van der Waals surface area (Å²) < 4.78 is 40.7. The maximum Gasteiger partial charge on any atom is 0.225 e. The number of benzene rings is 1. The van der Waals surface area contributed by atoms with E-state index in [1.54, 1.807) is 33.3 Å². The lowest BCUT2D eigenvalue weighted by atomic mass is 9.96. The minimum Gasteiger partial charge on any atom is -0.493 e. The van der Waals surface area contributed by atoms with Gasteiger partial charge < -0.3 is 19.1 Å². The summed E-state index contributed by atoms with van der Waals surface area (Å²) in [6.07, 6.45) is 2.27. The first kappa shape index (κ1) is 21.3. The van der Waals surface area contributed by atoms with Crippen molar-refractivity contribution in [2.75, 3.05) is 47.7 Å². The fourth-order valence-corrected chi connectivity index (χ4v) is 4.20. The summed E-state index contributed by atoms with van der Waals surface area (Å²) in [6.45, 7) is 1.16. The van der Waals surface area contributed by atoms with E-state index in [1.807, 2.05) is 12.1 Å². The van der Waals surface area contributed by atoms with Gasteiger partial charge in [0.15, 0.2) is 11.5 Å². The number of methoxy groups -OCH3 is 3. The van der Waals surface area contributed by atoms with Gasteiger partial charge in [0.25, 0.3) is 0 Å². The summed E-state index contributed by atoms with van der Waals surface area (Å²) >= 11 is 0. The Morgan fingerprint density at radius 2 is 1.63 bits per heavy atom. The van der Waals surface area contributed by atoms with Crippen molar-refractivity contribution in [1.82, 2.24) is 9.21 Å². The van der Waals surface area contributed by atoms with Crippen molar-refractivity contribution < 1.29 is 27.4 Å². The average molecular weight is 400 g/mol. The number of rotatable bonds is 7. The number of piperidine rings is 1. The fourth-order valence-electron chi connectivity index (χ4n) is 3.32. The number of carbonyl (C=O) groups excluding carboxylic acids is 1. The molecule has 0 radical (unpaired) electrons. The second-order valence-corrected chi connectivity index (χ2v) is 8.65. The monoisotopic (exact) mass is 400 g/mol.